The highest BCUT2D eigenvalue weighted by Crippen LogP contribution is 2.25. The van der Waals surface area contributed by atoms with Gasteiger partial charge >= 0.3 is 0 Å². The molecule has 110 valence electrons. The maximum Gasteiger partial charge on any atom is 0.255 e. The topological polar surface area (TPSA) is 67.6 Å². The molecule has 0 atom stereocenters. The lowest BCUT2D eigenvalue weighted by Gasteiger charge is -2.14. The zero-order valence-electron chi connectivity index (χ0n) is 12.4. The maximum atomic E-state index is 12.3. The summed E-state index contributed by atoms with van der Waals surface area (Å²) < 4.78 is 5.09. The minimum absolute atomic E-state index is 0.178. The second kappa shape index (κ2) is 6.17. The first-order valence-corrected chi connectivity index (χ1v) is 6.53. The number of nitrogens with two attached hydrogens (primary N) is 1. The number of nitrogen functional groups attached to an aromatic ring is 1. The number of carbonyl (C=O) groups excluding carboxylic acids is 1. The van der Waals surface area contributed by atoms with E-state index in [-0.39, 0.29) is 5.91 Å². The van der Waals surface area contributed by atoms with Crippen molar-refractivity contribution < 1.29 is 9.53 Å². The molecule has 2 aromatic rings. The Morgan fingerprint density at radius 3 is 2.57 bits per heavy atom. The van der Waals surface area contributed by atoms with Gasteiger partial charge in [0.1, 0.15) is 5.75 Å². The summed E-state index contributed by atoms with van der Waals surface area (Å²) in [6, 6.07) is 12.6. The standard InChI is InChI=1S/C16H19N3O2/c1-19(2)13-6-4-5-11(9-13)16(20)18-12-7-8-15(21-3)14(17)10-12/h4-10H,17H2,1-3H3,(H,18,20). The van der Waals surface area contributed by atoms with E-state index >= 15 is 0 Å². The second-order valence-corrected chi connectivity index (χ2v) is 4.86. The lowest BCUT2D eigenvalue weighted by Crippen LogP contribution is -2.14. The van der Waals surface area contributed by atoms with Gasteiger partial charge in [0.15, 0.2) is 0 Å². The number of anilines is 3. The van der Waals surface area contributed by atoms with Gasteiger partial charge in [-0.05, 0) is 36.4 Å². The van der Waals surface area contributed by atoms with Gasteiger partial charge in [0, 0.05) is 31.0 Å². The van der Waals surface area contributed by atoms with Crippen LogP contribution in [0.25, 0.3) is 0 Å². The van der Waals surface area contributed by atoms with Crippen LogP contribution in [0.5, 0.6) is 5.75 Å². The highest BCUT2D eigenvalue weighted by molar-refractivity contribution is 6.05. The normalized spacial score (nSPS) is 10.0. The van der Waals surface area contributed by atoms with E-state index in [1.54, 1.807) is 31.4 Å². The van der Waals surface area contributed by atoms with Gasteiger partial charge in [-0.25, -0.2) is 0 Å². The predicted octanol–water partition coefficient (Wildman–Crippen LogP) is 2.60. The van der Waals surface area contributed by atoms with Crippen LogP contribution in [0.15, 0.2) is 42.5 Å². The summed E-state index contributed by atoms with van der Waals surface area (Å²) in [5, 5.41) is 2.82. The van der Waals surface area contributed by atoms with Crippen molar-refractivity contribution in [3.8, 4) is 5.75 Å². The molecule has 0 aromatic heterocycles. The summed E-state index contributed by atoms with van der Waals surface area (Å²) in [4.78, 5) is 14.2. The Hall–Kier alpha value is -2.69. The van der Waals surface area contributed by atoms with Crippen LogP contribution in [-0.2, 0) is 0 Å². The van der Waals surface area contributed by atoms with Crippen molar-refractivity contribution >= 4 is 23.0 Å². The van der Waals surface area contributed by atoms with Crippen LogP contribution < -0.4 is 20.7 Å². The zero-order chi connectivity index (χ0) is 15.4. The fourth-order valence-electron chi connectivity index (χ4n) is 1.94. The van der Waals surface area contributed by atoms with E-state index in [2.05, 4.69) is 5.32 Å². The van der Waals surface area contributed by atoms with Crippen LogP contribution >= 0.6 is 0 Å². The van der Waals surface area contributed by atoms with Gasteiger partial charge in [0.05, 0.1) is 12.8 Å². The molecule has 0 fully saturated rings. The molecular weight excluding hydrogens is 266 g/mol. The molecule has 0 spiro atoms. The molecule has 0 saturated heterocycles. The van der Waals surface area contributed by atoms with Crippen molar-refractivity contribution in [1.29, 1.82) is 0 Å². The Morgan fingerprint density at radius 2 is 1.95 bits per heavy atom. The molecular formula is C16H19N3O2. The maximum absolute atomic E-state index is 12.3. The van der Waals surface area contributed by atoms with Gasteiger partial charge in [0.25, 0.3) is 5.91 Å². The Bertz CT molecular complexity index is 654. The van der Waals surface area contributed by atoms with Gasteiger partial charge in [0.2, 0.25) is 0 Å². The van der Waals surface area contributed by atoms with E-state index in [1.807, 2.05) is 37.2 Å². The van der Waals surface area contributed by atoms with E-state index in [9.17, 15) is 4.79 Å². The average molecular weight is 285 g/mol. The minimum atomic E-state index is -0.178. The molecule has 0 radical (unpaired) electrons. The van der Waals surface area contributed by atoms with E-state index in [0.29, 0.717) is 22.7 Å². The zero-order valence-corrected chi connectivity index (χ0v) is 12.4. The molecule has 0 aliphatic carbocycles. The second-order valence-electron chi connectivity index (χ2n) is 4.86. The number of methoxy groups -OCH3 is 1. The fraction of sp³-hybridized carbons (Fsp3) is 0.188. The van der Waals surface area contributed by atoms with E-state index in [4.69, 9.17) is 10.5 Å². The third-order valence-corrected chi connectivity index (χ3v) is 3.11. The van der Waals surface area contributed by atoms with Crippen LogP contribution in [0.1, 0.15) is 10.4 Å². The number of carbonyl (C=O) groups is 1. The lowest BCUT2D eigenvalue weighted by atomic mass is 10.1. The quantitative estimate of drug-likeness (QED) is 0.847. The number of nitrogens with zero attached hydrogens (tertiary/aromatic N) is 1. The van der Waals surface area contributed by atoms with Crippen LogP contribution in [-0.4, -0.2) is 27.1 Å². The van der Waals surface area contributed by atoms with Gasteiger partial charge < -0.3 is 20.7 Å². The molecule has 0 saturated carbocycles. The van der Waals surface area contributed by atoms with E-state index in [0.717, 1.165) is 5.69 Å². The summed E-state index contributed by atoms with van der Waals surface area (Å²) in [6.07, 6.45) is 0. The molecule has 5 nitrogen and oxygen atoms in total. The van der Waals surface area contributed by atoms with Gasteiger partial charge in [-0.1, -0.05) is 6.07 Å². The minimum Gasteiger partial charge on any atom is -0.495 e. The molecule has 0 bridgehead atoms. The summed E-state index contributed by atoms with van der Waals surface area (Å²) in [5.74, 6) is 0.408. The Labute approximate surface area is 124 Å². The highest BCUT2D eigenvalue weighted by Gasteiger charge is 2.09. The van der Waals surface area contributed by atoms with E-state index < -0.39 is 0 Å². The smallest absolute Gasteiger partial charge is 0.255 e. The van der Waals surface area contributed by atoms with Crippen LogP contribution in [0.2, 0.25) is 0 Å². The molecule has 0 aliphatic rings. The fourth-order valence-corrected chi connectivity index (χ4v) is 1.94. The van der Waals surface area contributed by atoms with Crippen LogP contribution in [0, 0.1) is 0 Å². The molecule has 5 heteroatoms. The van der Waals surface area contributed by atoms with Gasteiger partial charge in [-0.15, -0.1) is 0 Å². The van der Waals surface area contributed by atoms with Gasteiger partial charge in [-0.2, -0.15) is 0 Å². The third-order valence-electron chi connectivity index (χ3n) is 3.11. The summed E-state index contributed by atoms with van der Waals surface area (Å²) in [7, 11) is 5.42. The van der Waals surface area contributed by atoms with Crippen molar-refractivity contribution in [1.82, 2.24) is 0 Å². The van der Waals surface area contributed by atoms with Crippen LogP contribution in [0.3, 0.4) is 0 Å². The number of ether oxygens (including phenoxy) is 1. The number of hydrogen-bond donors (Lipinski definition) is 2. The lowest BCUT2D eigenvalue weighted by molar-refractivity contribution is 0.102. The van der Waals surface area contributed by atoms with Crippen molar-refractivity contribution in [2.45, 2.75) is 0 Å². The average Bonchev–Trinajstić information content (AvgIpc) is 2.47. The van der Waals surface area contributed by atoms with Crippen molar-refractivity contribution in [2.75, 3.05) is 37.2 Å². The number of amides is 1. The third kappa shape index (κ3) is 3.45. The van der Waals surface area contributed by atoms with Crippen molar-refractivity contribution in [3.05, 3.63) is 48.0 Å². The SMILES string of the molecule is COc1ccc(NC(=O)c2cccc(N(C)C)c2)cc1N. The predicted molar refractivity (Wildman–Crippen MR) is 86.1 cm³/mol. The van der Waals surface area contributed by atoms with Crippen LogP contribution in [0.4, 0.5) is 17.1 Å². The first kappa shape index (κ1) is 14.7. The largest absolute Gasteiger partial charge is 0.495 e. The summed E-state index contributed by atoms with van der Waals surface area (Å²) in [6.45, 7) is 0. The van der Waals surface area contributed by atoms with E-state index in [1.165, 1.54) is 0 Å². The molecule has 21 heavy (non-hydrogen) atoms. The molecule has 1 amide bonds. The molecule has 2 aromatic carbocycles. The number of hydrogen-bond acceptors (Lipinski definition) is 4. The molecule has 0 aliphatic heterocycles. The molecule has 3 N–H and O–H groups in total. The summed E-state index contributed by atoms with van der Waals surface area (Å²) >= 11 is 0. The highest BCUT2D eigenvalue weighted by atomic mass is 16.5. The first-order chi connectivity index (χ1) is 10.0. The Kier molecular flexibility index (Phi) is 4.33. The molecule has 0 unspecified atom stereocenters. The van der Waals surface area contributed by atoms with Gasteiger partial charge in [-0.3, -0.25) is 4.79 Å². The molecule has 0 heterocycles. The number of rotatable bonds is 4. The molecule has 2 rings (SSSR count). The van der Waals surface area contributed by atoms with Crippen molar-refractivity contribution in [2.24, 2.45) is 0 Å². The van der Waals surface area contributed by atoms with Crippen molar-refractivity contribution in [3.63, 3.8) is 0 Å². The Morgan fingerprint density at radius 1 is 1.19 bits per heavy atom. The number of nitrogens with one attached hydrogen (secondary N) is 1. The Balaban J connectivity index is 2.18. The monoisotopic (exact) mass is 285 g/mol. The number of benzene rings is 2. The first-order valence-electron chi connectivity index (χ1n) is 6.53. The summed E-state index contributed by atoms with van der Waals surface area (Å²) in [5.41, 5.74) is 8.51.